The lowest BCUT2D eigenvalue weighted by molar-refractivity contribution is 0.498. The van der Waals surface area contributed by atoms with Gasteiger partial charge in [-0.25, -0.2) is 13.2 Å². The van der Waals surface area contributed by atoms with Crippen LogP contribution in [0.2, 0.25) is 5.28 Å². The van der Waals surface area contributed by atoms with Gasteiger partial charge in [-0.3, -0.25) is 0 Å². The fourth-order valence-corrected chi connectivity index (χ4v) is 1.45. The summed E-state index contributed by atoms with van der Waals surface area (Å²) < 4.78 is 39.4. The summed E-state index contributed by atoms with van der Waals surface area (Å²) in [5, 5.41) is 4.78. The number of nitrogens with one attached hydrogen (secondary N) is 2. The fourth-order valence-electron chi connectivity index (χ4n) is 1.29. The van der Waals surface area contributed by atoms with Crippen LogP contribution in [0.1, 0.15) is 0 Å². The molecule has 2 N–H and O–H groups in total. The number of benzene rings is 1. The first kappa shape index (κ1) is 13.3. The van der Waals surface area contributed by atoms with E-state index in [9.17, 15) is 13.2 Å². The fraction of sp³-hybridized carbons (Fsp3) is 0.100. The van der Waals surface area contributed by atoms with Crippen molar-refractivity contribution >= 4 is 29.2 Å². The van der Waals surface area contributed by atoms with E-state index in [1.54, 1.807) is 0 Å². The van der Waals surface area contributed by atoms with Gasteiger partial charge in [0, 0.05) is 19.2 Å². The molecule has 0 radical (unpaired) electrons. The van der Waals surface area contributed by atoms with Gasteiger partial charge in [-0.1, -0.05) is 0 Å². The van der Waals surface area contributed by atoms with E-state index in [-0.39, 0.29) is 17.2 Å². The van der Waals surface area contributed by atoms with Crippen LogP contribution in [0.25, 0.3) is 0 Å². The molecule has 19 heavy (non-hydrogen) atoms. The van der Waals surface area contributed by atoms with E-state index in [2.05, 4.69) is 25.6 Å². The molecule has 5 nitrogen and oxygen atoms in total. The molecular formula is C10H7ClF3N5. The second-order valence-electron chi connectivity index (χ2n) is 3.38. The van der Waals surface area contributed by atoms with Crippen molar-refractivity contribution in [3.8, 4) is 0 Å². The first-order valence-corrected chi connectivity index (χ1v) is 5.38. The third kappa shape index (κ3) is 3.02. The predicted octanol–water partition coefficient (Wildman–Crippen LogP) is 2.73. The zero-order valence-corrected chi connectivity index (χ0v) is 10.3. The molecule has 0 saturated heterocycles. The molecule has 0 atom stereocenters. The summed E-state index contributed by atoms with van der Waals surface area (Å²) in [5.74, 6) is -3.52. The molecule has 1 aromatic carbocycles. The zero-order valence-electron chi connectivity index (χ0n) is 9.51. The Morgan fingerprint density at radius 1 is 1.05 bits per heavy atom. The molecule has 0 aliphatic rings. The number of rotatable bonds is 3. The van der Waals surface area contributed by atoms with Crippen LogP contribution < -0.4 is 10.6 Å². The lowest BCUT2D eigenvalue weighted by atomic mass is 10.3. The van der Waals surface area contributed by atoms with Gasteiger partial charge in [0.15, 0.2) is 11.6 Å². The molecule has 2 rings (SSSR count). The van der Waals surface area contributed by atoms with Gasteiger partial charge in [0.05, 0.1) is 5.69 Å². The Kier molecular flexibility index (Phi) is 3.70. The lowest BCUT2D eigenvalue weighted by Gasteiger charge is -2.08. The third-order valence-corrected chi connectivity index (χ3v) is 2.24. The van der Waals surface area contributed by atoms with E-state index in [1.165, 1.54) is 7.05 Å². The summed E-state index contributed by atoms with van der Waals surface area (Å²) in [4.78, 5) is 11.2. The number of hydrogen-bond donors (Lipinski definition) is 2. The average molecular weight is 290 g/mol. The minimum Gasteiger partial charge on any atom is -0.357 e. The molecule has 100 valence electrons. The normalized spacial score (nSPS) is 10.4. The molecule has 0 amide bonds. The summed E-state index contributed by atoms with van der Waals surface area (Å²) in [6.07, 6.45) is 0. The standard InChI is InChI=1S/C10H7ClF3N5/c1-15-9-17-8(11)18-10(19-9)16-6-3-4(12)2-5(13)7(6)14/h2-3H,1H3,(H2,15,16,17,18,19). The lowest BCUT2D eigenvalue weighted by Crippen LogP contribution is -2.05. The zero-order chi connectivity index (χ0) is 14.0. The maximum atomic E-state index is 13.4. The molecule has 1 heterocycles. The molecule has 0 bridgehead atoms. The van der Waals surface area contributed by atoms with Crippen LogP contribution in [-0.2, 0) is 0 Å². The van der Waals surface area contributed by atoms with E-state index in [0.29, 0.717) is 6.07 Å². The first-order valence-electron chi connectivity index (χ1n) is 5.00. The van der Waals surface area contributed by atoms with Crippen molar-refractivity contribution in [1.82, 2.24) is 15.0 Å². The number of hydrogen-bond acceptors (Lipinski definition) is 5. The van der Waals surface area contributed by atoms with E-state index in [0.717, 1.165) is 6.07 Å². The Morgan fingerprint density at radius 3 is 2.42 bits per heavy atom. The Hall–Kier alpha value is -2.09. The van der Waals surface area contributed by atoms with E-state index < -0.39 is 23.1 Å². The van der Waals surface area contributed by atoms with Gasteiger partial charge in [0.2, 0.25) is 17.2 Å². The van der Waals surface area contributed by atoms with Crippen LogP contribution >= 0.6 is 11.6 Å². The van der Waals surface area contributed by atoms with Gasteiger partial charge in [0.1, 0.15) is 5.82 Å². The van der Waals surface area contributed by atoms with E-state index in [1.807, 2.05) is 0 Å². The van der Waals surface area contributed by atoms with Crippen molar-refractivity contribution in [2.75, 3.05) is 17.7 Å². The molecule has 0 unspecified atom stereocenters. The predicted molar refractivity (Wildman–Crippen MR) is 64.0 cm³/mol. The Bertz CT molecular complexity index is 622. The van der Waals surface area contributed by atoms with Crippen molar-refractivity contribution < 1.29 is 13.2 Å². The molecular weight excluding hydrogens is 283 g/mol. The average Bonchev–Trinajstić information content (AvgIpc) is 2.34. The molecule has 2 aromatic rings. The van der Waals surface area contributed by atoms with Crippen LogP contribution in [-0.4, -0.2) is 22.0 Å². The monoisotopic (exact) mass is 289 g/mol. The van der Waals surface area contributed by atoms with Gasteiger partial charge in [-0.15, -0.1) is 0 Å². The Balaban J connectivity index is 2.38. The molecule has 0 aliphatic carbocycles. The van der Waals surface area contributed by atoms with Crippen LogP contribution in [0, 0.1) is 17.5 Å². The molecule has 0 spiro atoms. The Morgan fingerprint density at radius 2 is 1.74 bits per heavy atom. The highest BCUT2D eigenvalue weighted by Gasteiger charge is 2.13. The first-order chi connectivity index (χ1) is 8.99. The second kappa shape index (κ2) is 5.27. The number of halogens is 4. The van der Waals surface area contributed by atoms with Crippen LogP contribution in [0.15, 0.2) is 12.1 Å². The van der Waals surface area contributed by atoms with Crippen molar-refractivity contribution in [3.05, 3.63) is 34.9 Å². The number of nitrogens with zero attached hydrogens (tertiary/aromatic N) is 3. The summed E-state index contributed by atoms with van der Waals surface area (Å²) in [5.41, 5.74) is -0.443. The van der Waals surface area contributed by atoms with Crippen LogP contribution in [0.3, 0.4) is 0 Å². The number of anilines is 3. The molecule has 0 saturated carbocycles. The van der Waals surface area contributed by atoms with Gasteiger partial charge in [-0.2, -0.15) is 15.0 Å². The number of aromatic nitrogens is 3. The van der Waals surface area contributed by atoms with Gasteiger partial charge >= 0.3 is 0 Å². The molecule has 0 aliphatic heterocycles. The highest BCUT2D eigenvalue weighted by atomic mass is 35.5. The highest BCUT2D eigenvalue weighted by molar-refractivity contribution is 6.28. The van der Waals surface area contributed by atoms with Gasteiger partial charge < -0.3 is 10.6 Å². The summed E-state index contributed by atoms with van der Waals surface area (Å²) in [6, 6.07) is 1.20. The minimum atomic E-state index is -1.32. The van der Waals surface area contributed by atoms with E-state index >= 15 is 0 Å². The minimum absolute atomic E-state index is 0.125. The summed E-state index contributed by atoms with van der Waals surface area (Å²) in [6.45, 7) is 0. The molecule has 1 aromatic heterocycles. The van der Waals surface area contributed by atoms with Crippen molar-refractivity contribution in [3.63, 3.8) is 0 Å². The maximum absolute atomic E-state index is 13.4. The molecule has 0 fully saturated rings. The Labute approximate surface area is 110 Å². The van der Waals surface area contributed by atoms with Crippen LogP contribution in [0.4, 0.5) is 30.8 Å². The SMILES string of the molecule is CNc1nc(Cl)nc(Nc2cc(F)cc(F)c2F)n1. The van der Waals surface area contributed by atoms with Crippen LogP contribution in [0.5, 0.6) is 0 Å². The third-order valence-electron chi connectivity index (χ3n) is 2.07. The summed E-state index contributed by atoms with van der Waals surface area (Å²) in [7, 11) is 1.54. The van der Waals surface area contributed by atoms with Crippen molar-refractivity contribution in [2.45, 2.75) is 0 Å². The van der Waals surface area contributed by atoms with Gasteiger partial charge in [0.25, 0.3) is 0 Å². The topological polar surface area (TPSA) is 62.7 Å². The van der Waals surface area contributed by atoms with E-state index in [4.69, 9.17) is 11.6 Å². The van der Waals surface area contributed by atoms with Crippen molar-refractivity contribution in [2.24, 2.45) is 0 Å². The maximum Gasteiger partial charge on any atom is 0.233 e. The van der Waals surface area contributed by atoms with Crippen molar-refractivity contribution in [1.29, 1.82) is 0 Å². The smallest absolute Gasteiger partial charge is 0.233 e. The second-order valence-corrected chi connectivity index (χ2v) is 3.71. The van der Waals surface area contributed by atoms with Gasteiger partial charge in [-0.05, 0) is 11.6 Å². The largest absolute Gasteiger partial charge is 0.357 e. The quantitative estimate of drug-likeness (QED) is 0.851. The highest BCUT2D eigenvalue weighted by Crippen LogP contribution is 2.22. The summed E-state index contributed by atoms with van der Waals surface area (Å²) >= 11 is 5.61. The molecule has 9 heteroatoms.